The first-order valence-corrected chi connectivity index (χ1v) is 28.9. The molecule has 2 unspecified atom stereocenters. The van der Waals surface area contributed by atoms with Crippen molar-refractivity contribution in [3.05, 3.63) is 12.2 Å². The van der Waals surface area contributed by atoms with Crippen LogP contribution in [0, 0.1) is 0 Å². The number of hydrogen-bond acceptors (Lipinski definition) is 5. The maximum absolute atomic E-state index is 12.4. The van der Waals surface area contributed by atoms with Gasteiger partial charge in [-0.3, -0.25) is 9.59 Å². The summed E-state index contributed by atoms with van der Waals surface area (Å²) in [7, 11) is 0. The third kappa shape index (κ3) is 50.0. The molecule has 2 atom stereocenters. The van der Waals surface area contributed by atoms with Gasteiger partial charge in [0.25, 0.3) is 0 Å². The van der Waals surface area contributed by atoms with Gasteiger partial charge in [0.05, 0.1) is 25.4 Å². The Morgan fingerprint density at radius 2 is 0.734 bits per heavy atom. The third-order valence-electron chi connectivity index (χ3n) is 13.6. The summed E-state index contributed by atoms with van der Waals surface area (Å²) < 4.78 is 5.48. The Balaban J connectivity index is 3.42. The van der Waals surface area contributed by atoms with Gasteiger partial charge < -0.3 is 20.3 Å². The number of nitrogens with one attached hydrogen (secondary N) is 1. The lowest BCUT2D eigenvalue weighted by atomic mass is 10.0. The minimum atomic E-state index is -0.671. The average Bonchev–Trinajstić information content (AvgIpc) is 3.29. The van der Waals surface area contributed by atoms with E-state index in [1.165, 1.54) is 238 Å². The average molecular weight is 905 g/mol. The number of carbonyl (C=O) groups is 2. The van der Waals surface area contributed by atoms with Crippen molar-refractivity contribution >= 4 is 11.9 Å². The van der Waals surface area contributed by atoms with Crippen molar-refractivity contribution in [3.63, 3.8) is 0 Å². The minimum absolute atomic E-state index is 0.00686. The van der Waals surface area contributed by atoms with E-state index in [9.17, 15) is 19.8 Å². The number of esters is 1. The Hall–Kier alpha value is -1.40. The molecular weight excluding hydrogens is 791 g/mol. The maximum Gasteiger partial charge on any atom is 0.305 e. The summed E-state index contributed by atoms with van der Waals surface area (Å²) in [4.78, 5) is 24.5. The summed E-state index contributed by atoms with van der Waals surface area (Å²) >= 11 is 0. The van der Waals surface area contributed by atoms with Gasteiger partial charge >= 0.3 is 5.97 Å². The highest BCUT2D eigenvalue weighted by molar-refractivity contribution is 5.76. The molecule has 0 aromatic heterocycles. The summed E-state index contributed by atoms with van der Waals surface area (Å²) in [6, 6.07) is -0.550. The molecule has 64 heavy (non-hydrogen) atoms. The molecule has 0 saturated carbocycles. The van der Waals surface area contributed by atoms with E-state index in [1.54, 1.807) is 0 Å². The topological polar surface area (TPSA) is 95.9 Å². The summed E-state index contributed by atoms with van der Waals surface area (Å²) in [5, 5.41) is 23.2. The summed E-state index contributed by atoms with van der Waals surface area (Å²) in [6.45, 7) is 4.95. The van der Waals surface area contributed by atoms with Crippen LogP contribution >= 0.6 is 0 Å². The molecule has 6 nitrogen and oxygen atoms in total. The van der Waals surface area contributed by atoms with Crippen molar-refractivity contribution < 1.29 is 24.5 Å². The number of carbonyl (C=O) groups excluding carboxylic acids is 2. The zero-order chi connectivity index (χ0) is 46.5. The van der Waals surface area contributed by atoms with Crippen LogP contribution in [0.3, 0.4) is 0 Å². The lowest BCUT2D eigenvalue weighted by Crippen LogP contribution is -2.45. The first-order chi connectivity index (χ1) is 31.5. The second-order valence-corrected chi connectivity index (χ2v) is 20.0. The molecule has 380 valence electrons. The fraction of sp³-hybridized carbons (Fsp3) is 0.931. The van der Waals surface area contributed by atoms with Gasteiger partial charge in [0, 0.05) is 12.8 Å². The Morgan fingerprint density at radius 1 is 0.422 bits per heavy atom. The molecule has 0 bridgehead atoms. The van der Waals surface area contributed by atoms with E-state index < -0.39 is 12.1 Å². The standard InChI is InChI=1S/C58H113NO5/c1-3-5-7-9-11-13-15-17-18-24-28-32-36-40-44-48-52-58(63)64-53-49-45-41-37-33-29-25-22-20-19-21-23-27-31-35-39-43-47-51-57(62)59-55(54-60)56(61)50-46-42-38-34-30-26-16-14-12-10-8-6-4-2/h21,23,55-56,60-61H,3-20,22,24-54H2,1-2H3,(H,59,62)/b23-21-. The van der Waals surface area contributed by atoms with Crippen LogP contribution in [0.2, 0.25) is 0 Å². The van der Waals surface area contributed by atoms with Crippen LogP contribution < -0.4 is 5.32 Å². The summed E-state index contributed by atoms with van der Waals surface area (Å²) in [6.07, 6.45) is 63.4. The van der Waals surface area contributed by atoms with E-state index in [-0.39, 0.29) is 18.5 Å². The first kappa shape index (κ1) is 62.6. The highest BCUT2D eigenvalue weighted by atomic mass is 16.5. The van der Waals surface area contributed by atoms with Crippen molar-refractivity contribution in [1.29, 1.82) is 0 Å². The van der Waals surface area contributed by atoms with E-state index in [2.05, 4.69) is 31.3 Å². The van der Waals surface area contributed by atoms with E-state index in [0.717, 1.165) is 51.4 Å². The van der Waals surface area contributed by atoms with Gasteiger partial charge in [0.1, 0.15) is 0 Å². The highest BCUT2D eigenvalue weighted by Gasteiger charge is 2.20. The zero-order valence-electron chi connectivity index (χ0n) is 43.3. The van der Waals surface area contributed by atoms with Gasteiger partial charge in [-0.05, 0) is 51.4 Å². The molecule has 0 aliphatic carbocycles. The van der Waals surface area contributed by atoms with E-state index in [1.807, 2.05) is 0 Å². The highest BCUT2D eigenvalue weighted by Crippen LogP contribution is 2.17. The number of unbranched alkanes of at least 4 members (excludes halogenated alkanes) is 41. The molecule has 1 amide bonds. The lowest BCUT2D eigenvalue weighted by Gasteiger charge is -2.22. The van der Waals surface area contributed by atoms with Gasteiger partial charge in [-0.2, -0.15) is 0 Å². The van der Waals surface area contributed by atoms with Crippen molar-refractivity contribution in [2.24, 2.45) is 0 Å². The molecule has 0 rings (SSSR count). The van der Waals surface area contributed by atoms with Crippen LogP contribution in [0.25, 0.3) is 0 Å². The fourth-order valence-electron chi connectivity index (χ4n) is 9.11. The molecule has 0 aromatic carbocycles. The Labute approximate surface area is 399 Å². The van der Waals surface area contributed by atoms with Crippen LogP contribution in [0.5, 0.6) is 0 Å². The van der Waals surface area contributed by atoms with Crippen molar-refractivity contribution in [2.75, 3.05) is 13.2 Å². The van der Waals surface area contributed by atoms with Crippen molar-refractivity contribution in [1.82, 2.24) is 5.32 Å². The van der Waals surface area contributed by atoms with E-state index in [4.69, 9.17) is 4.74 Å². The van der Waals surface area contributed by atoms with Crippen LogP contribution in [0.1, 0.15) is 322 Å². The Morgan fingerprint density at radius 3 is 1.11 bits per heavy atom. The molecule has 3 N–H and O–H groups in total. The monoisotopic (exact) mass is 904 g/mol. The van der Waals surface area contributed by atoms with Gasteiger partial charge in [-0.15, -0.1) is 0 Å². The largest absolute Gasteiger partial charge is 0.466 e. The maximum atomic E-state index is 12.4. The number of allylic oxidation sites excluding steroid dienone is 2. The van der Waals surface area contributed by atoms with Gasteiger partial charge in [0.15, 0.2) is 0 Å². The quantitative estimate of drug-likeness (QED) is 0.0321. The molecule has 0 saturated heterocycles. The molecule has 0 aromatic rings. The Bertz CT molecular complexity index is 955. The zero-order valence-corrected chi connectivity index (χ0v) is 43.3. The Kier molecular flexibility index (Phi) is 53.0. The number of aliphatic hydroxyl groups is 2. The number of rotatable bonds is 54. The van der Waals surface area contributed by atoms with Gasteiger partial charge in [-0.25, -0.2) is 0 Å². The molecule has 0 radical (unpaired) electrons. The molecular formula is C58H113NO5. The SMILES string of the molecule is CCCCCCCCCCCCCCCCCCC(=O)OCCCCCCCCCCC/C=C\CCCCCCCC(=O)NC(CO)C(O)CCCCCCCCCCCCCCC. The number of amides is 1. The van der Waals surface area contributed by atoms with Crippen LogP contribution in [-0.2, 0) is 14.3 Å². The van der Waals surface area contributed by atoms with Crippen LogP contribution in [0.4, 0.5) is 0 Å². The lowest BCUT2D eigenvalue weighted by molar-refractivity contribution is -0.143. The molecule has 6 heteroatoms. The van der Waals surface area contributed by atoms with E-state index >= 15 is 0 Å². The van der Waals surface area contributed by atoms with E-state index in [0.29, 0.717) is 25.9 Å². The van der Waals surface area contributed by atoms with Crippen molar-refractivity contribution in [3.8, 4) is 0 Å². The number of aliphatic hydroxyl groups excluding tert-OH is 2. The molecule has 0 aliphatic rings. The fourth-order valence-corrected chi connectivity index (χ4v) is 9.11. The predicted molar refractivity (Wildman–Crippen MR) is 278 cm³/mol. The summed E-state index contributed by atoms with van der Waals surface area (Å²) in [5.74, 6) is -0.0413. The van der Waals surface area contributed by atoms with Gasteiger partial charge in [0.2, 0.25) is 5.91 Å². The predicted octanol–water partition coefficient (Wildman–Crippen LogP) is 17.7. The van der Waals surface area contributed by atoms with Crippen LogP contribution in [0.15, 0.2) is 12.2 Å². The molecule has 0 aliphatic heterocycles. The van der Waals surface area contributed by atoms with Gasteiger partial charge in [-0.1, -0.05) is 270 Å². The summed E-state index contributed by atoms with van der Waals surface area (Å²) in [5.41, 5.74) is 0. The molecule has 0 fully saturated rings. The first-order valence-electron chi connectivity index (χ1n) is 28.9. The van der Waals surface area contributed by atoms with Crippen LogP contribution in [-0.4, -0.2) is 47.4 Å². The second-order valence-electron chi connectivity index (χ2n) is 20.0. The number of ether oxygens (including phenoxy) is 1. The molecule has 0 spiro atoms. The number of hydrogen-bond donors (Lipinski definition) is 3. The molecule has 0 heterocycles. The second kappa shape index (κ2) is 54.2. The normalized spacial score (nSPS) is 12.6. The third-order valence-corrected chi connectivity index (χ3v) is 13.6. The minimum Gasteiger partial charge on any atom is -0.466 e. The van der Waals surface area contributed by atoms with Crippen molar-refractivity contribution in [2.45, 2.75) is 334 Å². The smallest absolute Gasteiger partial charge is 0.305 e.